The summed E-state index contributed by atoms with van der Waals surface area (Å²) < 4.78 is 19.3. The molecule has 2 unspecified atom stereocenters. The second-order valence-electron chi connectivity index (χ2n) is 12.3. The van der Waals surface area contributed by atoms with E-state index in [0.717, 1.165) is 0 Å². The van der Waals surface area contributed by atoms with Crippen molar-refractivity contribution in [1.29, 1.82) is 0 Å². The SMILES string of the molecule is C[C@H]1CN(C)C(=O)CCNC(=O)[C@H](C)[C@]2(O)C3[C@@H](O[C@@H]4O[C@H](C)C[C@H](N(C)C)[C@H]4O)C(C)(C1)O[C@@]32C. The highest BCUT2D eigenvalue weighted by Crippen LogP contribution is 2.71. The lowest BCUT2D eigenvalue weighted by Gasteiger charge is -2.45. The Labute approximate surface area is 214 Å². The third kappa shape index (κ3) is 4.37. The van der Waals surface area contributed by atoms with Crippen LogP contribution in [0, 0.1) is 17.8 Å². The van der Waals surface area contributed by atoms with Gasteiger partial charge >= 0.3 is 0 Å². The summed E-state index contributed by atoms with van der Waals surface area (Å²) in [5, 5.41) is 25.8. The van der Waals surface area contributed by atoms with Crippen LogP contribution in [0.25, 0.3) is 0 Å². The van der Waals surface area contributed by atoms with Gasteiger partial charge in [-0.25, -0.2) is 0 Å². The smallest absolute Gasteiger partial charge is 0.225 e. The molecule has 4 aliphatic rings. The number of carbonyl (C=O) groups is 2. The van der Waals surface area contributed by atoms with Crippen LogP contribution in [0.15, 0.2) is 0 Å². The molecule has 1 saturated carbocycles. The number of aliphatic hydroxyl groups excluding tert-OH is 1. The molecule has 3 aliphatic heterocycles. The lowest BCUT2D eigenvalue weighted by molar-refractivity contribution is -0.293. The van der Waals surface area contributed by atoms with Crippen LogP contribution in [0.4, 0.5) is 0 Å². The molecule has 0 radical (unpaired) electrons. The molecule has 36 heavy (non-hydrogen) atoms. The molecule has 206 valence electrons. The highest BCUT2D eigenvalue weighted by Gasteiger charge is 2.87. The second kappa shape index (κ2) is 9.47. The first-order valence-electron chi connectivity index (χ1n) is 13.2. The summed E-state index contributed by atoms with van der Waals surface area (Å²) in [5.41, 5.74) is -3.24. The van der Waals surface area contributed by atoms with Gasteiger partial charge in [0.15, 0.2) is 6.29 Å². The van der Waals surface area contributed by atoms with Gasteiger partial charge in [0.25, 0.3) is 0 Å². The summed E-state index contributed by atoms with van der Waals surface area (Å²) >= 11 is 0. The van der Waals surface area contributed by atoms with E-state index in [-0.39, 0.29) is 42.8 Å². The van der Waals surface area contributed by atoms with Crippen LogP contribution >= 0.6 is 0 Å². The number of fused-ring (bicyclic) bond motifs is 2. The van der Waals surface area contributed by atoms with Gasteiger partial charge < -0.3 is 39.5 Å². The van der Waals surface area contributed by atoms with Gasteiger partial charge in [-0.05, 0) is 53.6 Å². The maximum atomic E-state index is 13.0. The molecule has 2 amide bonds. The van der Waals surface area contributed by atoms with Gasteiger partial charge in [0.2, 0.25) is 11.8 Å². The van der Waals surface area contributed by atoms with E-state index in [2.05, 4.69) is 12.2 Å². The maximum Gasteiger partial charge on any atom is 0.225 e. The zero-order valence-electron chi connectivity index (χ0n) is 23.0. The minimum absolute atomic E-state index is 0.0466. The predicted octanol–water partition coefficient (Wildman–Crippen LogP) is 0.347. The quantitative estimate of drug-likeness (QED) is 0.496. The Kier molecular flexibility index (Phi) is 7.29. The standard InChI is InChI=1S/C26H45N3O7/c1-14-12-24(4)21(35-23-19(31)17(28(6)7)11-15(2)34-23)20-25(5,36-24)26(20,33)16(3)22(32)27-10-9-18(30)29(8)13-14/h14-17,19-21,23,31,33H,9-13H2,1-8H3,(H,27,32)/t14-,15-,16+,17+,19-,20?,21-,23+,24?,25+,26+/m1/s1. The van der Waals surface area contributed by atoms with E-state index in [4.69, 9.17) is 14.2 Å². The first-order valence-corrected chi connectivity index (χ1v) is 13.2. The van der Waals surface area contributed by atoms with Crippen LogP contribution in [-0.4, -0.2) is 114 Å². The molecular weight excluding hydrogens is 466 g/mol. The minimum atomic E-state index is -1.44. The Morgan fingerprint density at radius 2 is 1.86 bits per heavy atom. The summed E-state index contributed by atoms with van der Waals surface area (Å²) in [6.07, 6.45) is -1.07. The largest absolute Gasteiger partial charge is 0.386 e. The van der Waals surface area contributed by atoms with Crippen molar-refractivity contribution < 1.29 is 34.0 Å². The van der Waals surface area contributed by atoms with Crippen molar-refractivity contribution in [3.05, 3.63) is 0 Å². The Balaban J connectivity index is 1.67. The minimum Gasteiger partial charge on any atom is -0.386 e. The Hall–Kier alpha value is -1.30. The number of hydrogen-bond acceptors (Lipinski definition) is 8. The van der Waals surface area contributed by atoms with Crippen molar-refractivity contribution in [3.63, 3.8) is 0 Å². The van der Waals surface area contributed by atoms with Gasteiger partial charge in [0, 0.05) is 32.6 Å². The average Bonchev–Trinajstić information content (AvgIpc) is 3.13. The molecule has 3 heterocycles. The van der Waals surface area contributed by atoms with Crippen LogP contribution in [0.3, 0.4) is 0 Å². The number of hydrogen-bond donors (Lipinski definition) is 3. The molecule has 3 N–H and O–H groups in total. The average molecular weight is 512 g/mol. The lowest BCUT2D eigenvalue weighted by atomic mass is 9.83. The number of amides is 2. The number of aliphatic hydroxyl groups is 2. The molecule has 0 aromatic carbocycles. The molecule has 10 heteroatoms. The van der Waals surface area contributed by atoms with Crippen LogP contribution in [0.1, 0.15) is 53.9 Å². The molecule has 4 rings (SSSR count). The number of nitrogens with zero attached hydrogens (tertiary/aromatic N) is 2. The topological polar surface area (TPSA) is 121 Å². The van der Waals surface area contributed by atoms with Crippen LogP contribution in [0.2, 0.25) is 0 Å². The molecule has 0 aromatic rings. The molecule has 10 nitrogen and oxygen atoms in total. The molecule has 0 aromatic heterocycles. The summed E-state index contributed by atoms with van der Waals surface area (Å²) in [6, 6.07) is -0.141. The Morgan fingerprint density at radius 1 is 1.19 bits per heavy atom. The van der Waals surface area contributed by atoms with Gasteiger partial charge in [-0.1, -0.05) is 13.8 Å². The van der Waals surface area contributed by atoms with Crippen molar-refractivity contribution >= 4 is 11.8 Å². The van der Waals surface area contributed by atoms with Crippen LogP contribution in [0.5, 0.6) is 0 Å². The zero-order chi connectivity index (χ0) is 26.8. The number of likely N-dealkylation sites (N-methyl/N-ethyl adjacent to an activating group) is 1. The van der Waals surface area contributed by atoms with Gasteiger partial charge in [0.1, 0.15) is 17.3 Å². The van der Waals surface area contributed by atoms with Crippen molar-refractivity contribution in [1.82, 2.24) is 15.1 Å². The highest BCUT2D eigenvalue weighted by atomic mass is 16.7. The lowest BCUT2D eigenvalue weighted by Crippen LogP contribution is -2.58. The van der Waals surface area contributed by atoms with E-state index in [9.17, 15) is 19.8 Å². The second-order valence-corrected chi connectivity index (χ2v) is 12.3. The van der Waals surface area contributed by atoms with Gasteiger partial charge in [-0.3, -0.25) is 9.59 Å². The third-order valence-corrected chi connectivity index (χ3v) is 9.14. The molecule has 11 atom stereocenters. The fourth-order valence-electron chi connectivity index (χ4n) is 7.24. The van der Waals surface area contributed by atoms with E-state index in [0.29, 0.717) is 19.4 Å². The highest BCUT2D eigenvalue weighted by molar-refractivity contribution is 5.82. The predicted molar refractivity (Wildman–Crippen MR) is 132 cm³/mol. The molecule has 2 bridgehead atoms. The van der Waals surface area contributed by atoms with E-state index in [1.807, 2.05) is 39.8 Å². The Bertz CT molecular complexity index is 872. The third-order valence-electron chi connectivity index (χ3n) is 9.14. The first kappa shape index (κ1) is 27.7. The fraction of sp³-hybridized carbons (Fsp3) is 0.923. The zero-order valence-corrected chi connectivity index (χ0v) is 23.0. The van der Waals surface area contributed by atoms with E-state index in [1.54, 1.807) is 18.9 Å². The van der Waals surface area contributed by atoms with Crippen molar-refractivity contribution in [2.75, 3.05) is 34.2 Å². The van der Waals surface area contributed by atoms with Crippen LogP contribution in [-0.2, 0) is 23.8 Å². The maximum absolute atomic E-state index is 13.0. The fourth-order valence-corrected chi connectivity index (χ4v) is 7.24. The molecule has 4 fully saturated rings. The molecule has 3 saturated heterocycles. The van der Waals surface area contributed by atoms with Crippen molar-refractivity contribution in [2.45, 2.75) is 101 Å². The van der Waals surface area contributed by atoms with Gasteiger partial charge in [0.05, 0.1) is 29.6 Å². The number of ether oxygens (including phenoxy) is 3. The van der Waals surface area contributed by atoms with E-state index >= 15 is 0 Å². The summed E-state index contributed by atoms with van der Waals surface area (Å²) in [4.78, 5) is 29.2. The number of rotatable bonds is 3. The number of carbonyl (C=O) groups excluding carboxylic acids is 2. The van der Waals surface area contributed by atoms with Crippen molar-refractivity contribution in [3.8, 4) is 0 Å². The molecule has 0 spiro atoms. The summed E-state index contributed by atoms with van der Waals surface area (Å²) in [7, 11) is 5.62. The molecular formula is C26H45N3O7. The normalized spacial score (nSPS) is 50.1. The van der Waals surface area contributed by atoms with Crippen molar-refractivity contribution in [2.24, 2.45) is 17.8 Å². The molecule has 1 aliphatic carbocycles. The Morgan fingerprint density at radius 3 is 2.50 bits per heavy atom. The van der Waals surface area contributed by atoms with E-state index < -0.39 is 47.1 Å². The van der Waals surface area contributed by atoms with Gasteiger partial charge in [-0.15, -0.1) is 0 Å². The van der Waals surface area contributed by atoms with E-state index in [1.165, 1.54) is 0 Å². The first-order chi connectivity index (χ1) is 16.7. The monoisotopic (exact) mass is 511 g/mol. The van der Waals surface area contributed by atoms with Gasteiger partial charge in [-0.2, -0.15) is 0 Å². The number of nitrogens with one attached hydrogen (secondary N) is 1. The summed E-state index contributed by atoms with van der Waals surface area (Å²) in [6.45, 7) is 10.3. The summed E-state index contributed by atoms with van der Waals surface area (Å²) in [5.74, 6) is -1.54. The van der Waals surface area contributed by atoms with Crippen LogP contribution < -0.4 is 5.32 Å².